The number of rotatable bonds is 5. The minimum atomic E-state index is -0.221. The molecule has 0 radical (unpaired) electrons. The summed E-state index contributed by atoms with van der Waals surface area (Å²) >= 11 is 24.7. The second kappa shape index (κ2) is 9.63. The van der Waals surface area contributed by atoms with E-state index in [-0.39, 0.29) is 5.91 Å². The Kier molecular flexibility index (Phi) is 6.89. The van der Waals surface area contributed by atoms with Crippen LogP contribution < -0.4 is 9.64 Å². The highest BCUT2D eigenvalue weighted by molar-refractivity contribution is 8.27. The maximum Gasteiger partial charge on any atom is 0.270 e. The zero-order valence-corrected chi connectivity index (χ0v) is 19.8. The summed E-state index contributed by atoms with van der Waals surface area (Å²) in [6, 6.07) is 20.0. The Morgan fingerprint density at radius 1 is 0.968 bits per heavy atom. The Bertz CT molecular complexity index is 1200. The van der Waals surface area contributed by atoms with Crippen LogP contribution in [0.4, 0.5) is 5.69 Å². The van der Waals surface area contributed by atoms with Gasteiger partial charge >= 0.3 is 0 Å². The number of halogens is 3. The second-order valence-electron chi connectivity index (χ2n) is 6.57. The second-order valence-corrected chi connectivity index (χ2v) is 9.50. The Labute approximate surface area is 204 Å². The summed E-state index contributed by atoms with van der Waals surface area (Å²) in [6.07, 6.45) is 1.79. The molecule has 156 valence electrons. The van der Waals surface area contributed by atoms with E-state index in [1.807, 2.05) is 48.5 Å². The lowest BCUT2D eigenvalue weighted by Crippen LogP contribution is -2.27. The first-order valence-electron chi connectivity index (χ1n) is 9.11. The minimum Gasteiger partial charge on any atom is -0.488 e. The number of thioether (sulfide) groups is 1. The van der Waals surface area contributed by atoms with Crippen LogP contribution in [0.15, 0.2) is 71.6 Å². The number of nitrogens with zero attached hydrogens (tertiary/aromatic N) is 1. The van der Waals surface area contributed by atoms with Crippen LogP contribution in [-0.2, 0) is 11.4 Å². The van der Waals surface area contributed by atoms with E-state index in [4.69, 9.17) is 51.8 Å². The maximum atomic E-state index is 13.1. The summed E-state index contributed by atoms with van der Waals surface area (Å²) in [6.45, 7) is 0.381. The van der Waals surface area contributed by atoms with Crippen molar-refractivity contribution in [2.45, 2.75) is 6.61 Å². The molecule has 8 heteroatoms. The third-order valence-electron chi connectivity index (χ3n) is 4.47. The molecule has 1 saturated heterocycles. The lowest BCUT2D eigenvalue weighted by atomic mass is 10.1. The summed E-state index contributed by atoms with van der Waals surface area (Å²) in [4.78, 5) is 15.0. The van der Waals surface area contributed by atoms with Gasteiger partial charge in [0.25, 0.3) is 5.91 Å². The number of ether oxygens (including phenoxy) is 1. The topological polar surface area (TPSA) is 29.5 Å². The molecule has 31 heavy (non-hydrogen) atoms. The zero-order valence-electron chi connectivity index (χ0n) is 15.8. The van der Waals surface area contributed by atoms with Gasteiger partial charge in [-0.2, -0.15) is 0 Å². The van der Waals surface area contributed by atoms with Crippen LogP contribution in [0, 0.1) is 0 Å². The first-order valence-corrected chi connectivity index (χ1v) is 11.5. The SMILES string of the molecule is O=C1/C(=C/c2ccccc2OCc2ccc(Cl)cc2)SC(=S)N1c1ccc(Cl)c(Cl)c1. The molecule has 1 aliphatic heterocycles. The minimum absolute atomic E-state index is 0.221. The van der Waals surface area contributed by atoms with Crippen molar-refractivity contribution in [2.24, 2.45) is 0 Å². The van der Waals surface area contributed by atoms with Gasteiger partial charge in [-0.1, -0.05) is 89.1 Å². The van der Waals surface area contributed by atoms with Crippen molar-refractivity contribution in [3.05, 3.63) is 97.8 Å². The van der Waals surface area contributed by atoms with Crippen molar-refractivity contribution < 1.29 is 9.53 Å². The van der Waals surface area contributed by atoms with Gasteiger partial charge in [-0.15, -0.1) is 0 Å². The molecule has 0 atom stereocenters. The highest BCUT2D eigenvalue weighted by atomic mass is 35.5. The molecule has 1 fully saturated rings. The standard InChI is InChI=1S/C23H14Cl3NO2S2/c24-16-7-5-14(6-8-16)13-29-20-4-2-1-3-15(20)11-21-22(28)27(23(30)31-21)17-9-10-18(25)19(26)12-17/h1-12H,13H2/b21-11-. The predicted molar refractivity (Wildman–Crippen MR) is 134 cm³/mol. The van der Waals surface area contributed by atoms with Crippen molar-refractivity contribution >= 4 is 80.8 Å². The van der Waals surface area contributed by atoms with Crippen LogP contribution in [0.1, 0.15) is 11.1 Å². The number of amides is 1. The number of carbonyl (C=O) groups excluding carboxylic acids is 1. The Morgan fingerprint density at radius 3 is 2.45 bits per heavy atom. The summed E-state index contributed by atoms with van der Waals surface area (Å²) in [7, 11) is 0. The number of para-hydroxylation sites is 1. The number of hydrogen-bond donors (Lipinski definition) is 0. The molecule has 0 aromatic heterocycles. The highest BCUT2D eigenvalue weighted by Gasteiger charge is 2.33. The van der Waals surface area contributed by atoms with Gasteiger partial charge < -0.3 is 4.74 Å². The lowest BCUT2D eigenvalue weighted by molar-refractivity contribution is -0.113. The van der Waals surface area contributed by atoms with E-state index in [0.717, 1.165) is 11.1 Å². The van der Waals surface area contributed by atoms with Gasteiger partial charge in [0, 0.05) is 10.6 Å². The quantitative estimate of drug-likeness (QED) is 0.263. The normalized spacial score (nSPS) is 15.1. The van der Waals surface area contributed by atoms with Crippen LogP contribution in [0.25, 0.3) is 6.08 Å². The molecule has 0 unspecified atom stereocenters. The number of anilines is 1. The Hall–Kier alpha value is -2.02. The highest BCUT2D eigenvalue weighted by Crippen LogP contribution is 2.38. The smallest absolute Gasteiger partial charge is 0.270 e. The van der Waals surface area contributed by atoms with Gasteiger partial charge in [0.1, 0.15) is 12.4 Å². The number of hydrogen-bond acceptors (Lipinski definition) is 4. The van der Waals surface area contributed by atoms with Crippen molar-refractivity contribution in [3.63, 3.8) is 0 Å². The van der Waals surface area contributed by atoms with Gasteiger partial charge in [0.15, 0.2) is 4.32 Å². The van der Waals surface area contributed by atoms with E-state index in [9.17, 15) is 4.79 Å². The third-order valence-corrected chi connectivity index (χ3v) is 6.76. The fourth-order valence-corrected chi connectivity index (χ4v) is 4.64. The molecule has 0 spiro atoms. The molecule has 3 aromatic carbocycles. The molecule has 1 amide bonds. The van der Waals surface area contributed by atoms with E-state index >= 15 is 0 Å². The Morgan fingerprint density at radius 2 is 1.71 bits per heavy atom. The van der Waals surface area contributed by atoms with E-state index in [0.29, 0.717) is 42.3 Å². The molecule has 1 heterocycles. The lowest BCUT2D eigenvalue weighted by Gasteiger charge is -2.15. The molecule has 0 N–H and O–H groups in total. The van der Waals surface area contributed by atoms with E-state index < -0.39 is 0 Å². The van der Waals surface area contributed by atoms with Gasteiger partial charge in [-0.25, -0.2) is 0 Å². The van der Waals surface area contributed by atoms with E-state index in [1.165, 1.54) is 16.7 Å². The molecule has 4 rings (SSSR count). The summed E-state index contributed by atoms with van der Waals surface area (Å²) in [5.41, 5.74) is 2.35. The van der Waals surface area contributed by atoms with E-state index in [1.54, 1.807) is 24.3 Å². The molecular weight excluding hydrogens is 493 g/mol. The average molecular weight is 507 g/mol. The predicted octanol–water partition coefficient (Wildman–Crippen LogP) is 7.63. The van der Waals surface area contributed by atoms with Gasteiger partial charge in [-0.05, 0) is 48.0 Å². The Balaban J connectivity index is 1.57. The van der Waals surface area contributed by atoms with Crippen molar-refractivity contribution in [1.82, 2.24) is 0 Å². The van der Waals surface area contributed by atoms with E-state index in [2.05, 4.69) is 0 Å². The third kappa shape index (κ3) is 5.08. The molecule has 0 bridgehead atoms. The fraction of sp³-hybridized carbons (Fsp3) is 0.0435. The average Bonchev–Trinajstić information content (AvgIpc) is 3.03. The van der Waals surface area contributed by atoms with Crippen molar-refractivity contribution in [2.75, 3.05) is 4.90 Å². The number of thiocarbonyl (C=S) groups is 1. The summed E-state index contributed by atoms with van der Waals surface area (Å²) < 4.78 is 6.41. The summed E-state index contributed by atoms with van der Waals surface area (Å²) in [5.74, 6) is 0.443. The van der Waals surface area contributed by atoms with Gasteiger partial charge in [0.2, 0.25) is 0 Å². The molecule has 3 nitrogen and oxygen atoms in total. The largest absolute Gasteiger partial charge is 0.488 e. The van der Waals surface area contributed by atoms with Crippen molar-refractivity contribution in [1.29, 1.82) is 0 Å². The van der Waals surface area contributed by atoms with Crippen LogP contribution in [-0.4, -0.2) is 10.2 Å². The fourth-order valence-electron chi connectivity index (χ4n) is 2.93. The van der Waals surface area contributed by atoms with Crippen LogP contribution in [0.5, 0.6) is 5.75 Å². The molecule has 1 aliphatic rings. The first kappa shape index (κ1) is 22.2. The summed E-state index contributed by atoms with van der Waals surface area (Å²) in [5, 5.41) is 1.45. The molecule has 0 saturated carbocycles. The first-order chi connectivity index (χ1) is 14.9. The van der Waals surface area contributed by atoms with Gasteiger partial charge in [-0.3, -0.25) is 9.69 Å². The van der Waals surface area contributed by atoms with Crippen LogP contribution in [0.3, 0.4) is 0 Å². The van der Waals surface area contributed by atoms with Crippen LogP contribution in [0.2, 0.25) is 15.1 Å². The molecule has 3 aromatic rings. The number of benzene rings is 3. The zero-order chi connectivity index (χ0) is 22.0. The number of carbonyl (C=O) groups is 1. The molecule has 0 aliphatic carbocycles. The maximum absolute atomic E-state index is 13.1. The van der Waals surface area contributed by atoms with Crippen molar-refractivity contribution in [3.8, 4) is 5.75 Å². The van der Waals surface area contributed by atoms with Gasteiger partial charge in [0.05, 0.1) is 20.6 Å². The monoisotopic (exact) mass is 505 g/mol. The van der Waals surface area contributed by atoms with Crippen LogP contribution >= 0.6 is 58.8 Å². The molecular formula is C23H14Cl3NO2S2.